The van der Waals surface area contributed by atoms with Crippen LogP contribution in [0, 0.1) is 0 Å². The molecule has 0 aliphatic carbocycles. The Morgan fingerprint density at radius 3 is 2.81 bits per heavy atom. The second-order valence-corrected chi connectivity index (χ2v) is 5.50. The highest BCUT2D eigenvalue weighted by Gasteiger charge is 2.06. The molecule has 1 aromatic heterocycles. The third-order valence-corrected chi connectivity index (χ3v) is 3.71. The van der Waals surface area contributed by atoms with E-state index in [1.165, 1.54) is 11.8 Å². The van der Waals surface area contributed by atoms with Crippen molar-refractivity contribution in [3.63, 3.8) is 0 Å². The summed E-state index contributed by atoms with van der Waals surface area (Å²) in [4.78, 5) is 20.0. The zero-order valence-electron chi connectivity index (χ0n) is 11.4. The van der Waals surface area contributed by atoms with E-state index in [9.17, 15) is 4.79 Å². The number of rotatable bonds is 6. The number of aromatic nitrogens is 2. The van der Waals surface area contributed by atoms with E-state index in [4.69, 9.17) is 16.3 Å². The third-order valence-electron chi connectivity index (χ3n) is 2.54. The molecule has 0 atom stereocenters. The number of hydrogen-bond donors (Lipinski definition) is 1. The number of halogens is 1. The van der Waals surface area contributed by atoms with E-state index in [2.05, 4.69) is 15.3 Å². The number of benzene rings is 1. The molecule has 0 aliphatic heterocycles. The summed E-state index contributed by atoms with van der Waals surface area (Å²) in [6, 6.07) is 6.87. The average molecular weight is 324 g/mol. The van der Waals surface area contributed by atoms with Crippen molar-refractivity contribution in [2.75, 3.05) is 18.2 Å². The van der Waals surface area contributed by atoms with Crippen LogP contribution in [0.5, 0.6) is 5.75 Å². The van der Waals surface area contributed by atoms with Crippen LogP contribution >= 0.6 is 23.4 Å². The first-order valence-electron chi connectivity index (χ1n) is 6.22. The molecule has 5 nitrogen and oxygen atoms in total. The monoisotopic (exact) mass is 323 g/mol. The first-order chi connectivity index (χ1) is 10.2. The van der Waals surface area contributed by atoms with Crippen LogP contribution in [0.2, 0.25) is 5.02 Å². The van der Waals surface area contributed by atoms with Crippen molar-refractivity contribution in [3.05, 3.63) is 41.7 Å². The van der Waals surface area contributed by atoms with Gasteiger partial charge in [0.25, 0.3) is 0 Å². The van der Waals surface area contributed by atoms with Crippen LogP contribution in [0.3, 0.4) is 0 Å². The summed E-state index contributed by atoms with van der Waals surface area (Å²) in [6.45, 7) is 0. The first kappa shape index (κ1) is 15.6. The van der Waals surface area contributed by atoms with Crippen LogP contribution in [0.4, 0.5) is 5.69 Å². The Morgan fingerprint density at radius 1 is 1.38 bits per heavy atom. The van der Waals surface area contributed by atoms with Crippen molar-refractivity contribution in [1.29, 1.82) is 0 Å². The highest BCUT2D eigenvalue weighted by atomic mass is 35.5. The molecule has 0 saturated heterocycles. The van der Waals surface area contributed by atoms with Gasteiger partial charge in [0.1, 0.15) is 5.75 Å². The number of anilines is 1. The molecule has 21 heavy (non-hydrogen) atoms. The molecule has 0 saturated carbocycles. The second-order valence-electron chi connectivity index (χ2n) is 4.03. The van der Waals surface area contributed by atoms with E-state index in [1.54, 1.807) is 43.8 Å². The maximum Gasteiger partial charge on any atom is 0.225 e. The van der Waals surface area contributed by atoms with Crippen LogP contribution < -0.4 is 10.1 Å². The fourth-order valence-electron chi connectivity index (χ4n) is 1.56. The van der Waals surface area contributed by atoms with Crippen LogP contribution in [-0.2, 0) is 4.79 Å². The van der Waals surface area contributed by atoms with Gasteiger partial charge in [0.2, 0.25) is 5.91 Å². The lowest BCUT2D eigenvalue weighted by Crippen LogP contribution is -2.12. The Bertz CT molecular complexity index is 610. The van der Waals surface area contributed by atoms with Gasteiger partial charge in [-0.15, -0.1) is 0 Å². The van der Waals surface area contributed by atoms with Crippen LogP contribution in [0.25, 0.3) is 0 Å². The fraction of sp³-hybridized carbons (Fsp3) is 0.214. The van der Waals surface area contributed by atoms with Gasteiger partial charge >= 0.3 is 0 Å². The normalized spacial score (nSPS) is 10.2. The van der Waals surface area contributed by atoms with Crippen LogP contribution in [0.1, 0.15) is 6.42 Å². The average Bonchev–Trinajstić information content (AvgIpc) is 2.48. The number of nitrogens with one attached hydrogen (secondary N) is 1. The minimum atomic E-state index is -0.0836. The van der Waals surface area contributed by atoms with E-state index in [-0.39, 0.29) is 5.91 Å². The van der Waals surface area contributed by atoms with Gasteiger partial charge in [-0.2, -0.15) is 0 Å². The molecule has 0 spiro atoms. The van der Waals surface area contributed by atoms with Gasteiger partial charge in [0.05, 0.1) is 12.1 Å². The summed E-state index contributed by atoms with van der Waals surface area (Å²) >= 11 is 7.44. The van der Waals surface area contributed by atoms with E-state index < -0.39 is 0 Å². The lowest BCUT2D eigenvalue weighted by atomic mass is 10.3. The molecule has 2 aromatic rings. The maximum atomic E-state index is 11.8. The van der Waals surface area contributed by atoms with E-state index in [1.807, 2.05) is 0 Å². The smallest absolute Gasteiger partial charge is 0.225 e. The maximum absolute atomic E-state index is 11.8. The lowest BCUT2D eigenvalue weighted by Gasteiger charge is -2.07. The number of thioether (sulfide) groups is 1. The van der Waals surface area contributed by atoms with Gasteiger partial charge in [-0.05, 0) is 24.3 Å². The first-order valence-corrected chi connectivity index (χ1v) is 7.58. The Labute approximate surface area is 132 Å². The van der Waals surface area contributed by atoms with Gasteiger partial charge in [-0.1, -0.05) is 23.4 Å². The van der Waals surface area contributed by atoms with Crippen LogP contribution in [-0.4, -0.2) is 28.7 Å². The minimum Gasteiger partial charge on any atom is -0.495 e. The number of hydrogen-bond acceptors (Lipinski definition) is 5. The highest BCUT2D eigenvalue weighted by molar-refractivity contribution is 7.99. The quantitative estimate of drug-likeness (QED) is 0.653. The summed E-state index contributed by atoms with van der Waals surface area (Å²) in [6.07, 6.45) is 3.72. The summed E-state index contributed by atoms with van der Waals surface area (Å²) < 4.78 is 5.06. The molecule has 0 bridgehead atoms. The number of carbonyl (C=O) groups excluding carboxylic acids is 1. The van der Waals surface area contributed by atoms with Gasteiger partial charge < -0.3 is 10.1 Å². The highest BCUT2D eigenvalue weighted by Crippen LogP contribution is 2.27. The molecule has 1 aromatic carbocycles. The molecular weight excluding hydrogens is 310 g/mol. The van der Waals surface area contributed by atoms with E-state index >= 15 is 0 Å². The summed E-state index contributed by atoms with van der Waals surface area (Å²) in [5.41, 5.74) is 0.645. The van der Waals surface area contributed by atoms with Gasteiger partial charge in [-0.25, -0.2) is 9.97 Å². The van der Waals surface area contributed by atoms with Crippen molar-refractivity contribution in [2.45, 2.75) is 11.6 Å². The topological polar surface area (TPSA) is 64.1 Å². The summed E-state index contributed by atoms with van der Waals surface area (Å²) in [7, 11) is 1.54. The number of methoxy groups -OCH3 is 1. The van der Waals surface area contributed by atoms with Gasteiger partial charge in [-0.3, -0.25) is 4.79 Å². The number of amides is 1. The SMILES string of the molecule is COc1ccc(NC(=O)CCSc2ncccn2)cc1Cl. The molecule has 1 N–H and O–H groups in total. The lowest BCUT2D eigenvalue weighted by molar-refractivity contribution is -0.115. The van der Waals surface area contributed by atoms with Crippen molar-refractivity contribution in [2.24, 2.45) is 0 Å². The number of carbonyl (C=O) groups is 1. The largest absolute Gasteiger partial charge is 0.495 e. The van der Waals surface area contributed by atoms with Gasteiger partial charge in [0.15, 0.2) is 5.16 Å². The zero-order chi connectivity index (χ0) is 15.1. The zero-order valence-corrected chi connectivity index (χ0v) is 12.9. The molecule has 1 amide bonds. The van der Waals surface area contributed by atoms with Gasteiger partial charge in [0, 0.05) is 30.3 Å². The molecule has 0 radical (unpaired) electrons. The minimum absolute atomic E-state index is 0.0836. The molecule has 7 heteroatoms. The van der Waals surface area contributed by atoms with E-state index in [0.29, 0.717) is 33.8 Å². The number of ether oxygens (including phenoxy) is 1. The standard InChI is InChI=1S/C14H14ClN3O2S/c1-20-12-4-3-10(9-11(12)15)18-13(19)5-8-21-14-16-6-2-7-17-14/h2-4,6-7,9H,5,8H2,1H3,(H,18,19). The molecule has 0 fully saturated rings. The van der Waals surface area contributed by atoms with Crippen molar-refractivity contribution >= 4 is 35.0 Å². The summed E-state index contributed by atoms with van der Waals surface area (Å²) in [5, 5.41) is 3.91. The predicted molar refractivity (Wildman–Crippen MR) is 84.0 cm³/mol. The Kier molecular flexibility index (Phi) is 5.83. The second kappa shape index (κ2) is 7.85. The Hall–Kier alpha value is -1.79. The van der Waals surface area contributed by atoms with Crippen molar-refractivity contribution in [3.8, 4) is 5.75 Å². The third kappa shape index (κ3) is 4.91. The number of nitrogens with zero attached hydrogens (tertiary/aromatic N) is 2. The predicted octanol–water partition coefficient (Wildman–Crippen LogP) is 3.26. The Balaban J connectivity index is 1.80. The van der Waals surface area contributed by atoms with Crippen molar-refractivity contribution in [1.82, 2.24) is 9.97 Å². The van der Waals surface area contributed by atoms with E-state index in [0.717, 1.165) is 0 Å². The van der Waals surface area contributed by atoms with Crippen LogP contribution in [0.15, 0.2) is 41.8 Å². The van der Waals surface area contributed by atoms with Crippen molar-refractivity contribution < 1.29 is 9.53 Å². The summed E-state index contributed by atoms with van der Waals surface area (Å²) in [5.74, 6) is 1.10. The molecule has 110 valence electrons. The molecular formula is C14H14ClN3O2S. The molecule has 1 heterocycles. The Morgan fingerprint density at radius 2 is 2.14 bits per heavy atom. The molecule has 0 aliphatic rings. The molecule has 2 rings (SSSR count). The molecule has 0 unspecified atom stereocenters. The fourth-order valence-corrected chi connectivity index (χ4v) is 2.56.